The van der Waals surface area contributed by atoms with E-state index in [2.05, 4.69) is 0 Å². The molecule has 0 bridgehead atoms. The van der Waals surface area contributed by atoms with Crippen molar-refractivity contribution in [1.29, 1.82) is 0 Å². The summed E-state index contributed by atoms with van der Waals surface area (Å²) in [5.74, 6) is 0.427. The van der Waals surface area contributed by atoms with E-state index in [0.717, 1.165) is 42.7 Å². The van der Waals surface area contributed by atoms with Crippen molar-refractivity contribution in [1.82, 2.24) is 9.21 Å². The molecule has 1 saturated heterocycles. The summed E-state index contributed by atoms with van der Waals surface area (Å²) in [6.45, 7) is 2.15. The number of halogens is 2. The molecule has 2 aromatic rings. The molecule has 0 spiro atoms. The minimum Gasteiger partial charge on any atom is -0.394 e. The molecule has 0 aromatic heterocycles. The van der Waals surface area contributed by atoms with Crippen molar-refractivity contribution in [2.75, 3.05) is 20.2 Å². The molecule has 2 aromatic carbocycles. The summed E-state index contributed by atoms with van der Waals surface area (Å²) in [4.78, 5) is 16.1. The van der Waals surface area contributed by atoms with Gasteiger partial charge in [0.2, 0.25) is 5.91 Å². The van der Waals surface area contributed by atoms with E-state index in [9.17, 15) is 19.2 Å². The number of hydrogen-bond donors (Lipinski definition) is 2. The average Bonchev–Trinajstić information content (AvgIpc) is 3.83. The fraction of sp³-hybridized carbons (Fsp3) is 0.567. The number of aliphatic hydroxyl groups excluding tert-OH is 2. The third-order valence-corrected chi connectivity index (χ3v) is 10.3. The van der Waals surface area contributed by atoms with Gasteiger partial charge in [-0.05, 0) is 87.7 Å². The van der Waals surface area contributed by atoms with Crippen LogP contribution in [-0.4, -0.2) is 67.1 Å². The van der Waals surface area contributed by atoms with Gasteiger partial charge < -0.3 is 15.1 Å². The Kier molecular flexibility index (Phi) is 10.5. The minimum absolute atomic E-state index is 0.0261. The Bertz CT molecular complexity index is 1110. The van der Waals surface area contributed by atoms with Gasteiger partial charge in [0.05, 0.1) is 29.7 Å². The highest BCUT2D eigenvalue weighted by Crippen LogP contribution is 2.48. The second-order valence-corrected chi connectivity index (χ2v) is 14.1. The summed E-state index contributed by atoms with van der Waals surface area (Å²) in [5.41, 5.74) is 0.330. The fourth-order valence-corrected chi connectivity index (χ4v) is 7.16. The lowest BCUT2D eigenvalue weighted by Gasteiger charge is -2.49. The van der Waals surface area contributed by atoms with Gasteiger partial charge in [-0.25, -0.2) is 8.51 Å². The summed E-state index contributed by atoms with van der Waals surface area (Å²) < 4.78 is 14.7. The molecule has 1 heterocycles. The van der Waals surface area contributed by atoms with Crippen molar-refractivity contribution in [2.45, 2.75) is 75.3 Å². The smallest absolute Gasteiger partial charge is 0.229 e. The minimum atomic E-state index is -1.01. The fourth-order valence-electron chi connectivity index (χ4n) is 5.54. The monoisotopic (exact) mass is 594 g/mol. The second-order valence-electron chi connectivity index (χ2n) is 11.4. The van der Waals surface area contributed by atoms with Crippen molar-refractivity contribution < 1.29 is 19.2 Å². The topological polar surface area (TPSA) is 81.1 Å². The predicted octanol–water partition coefficient (Wildman–Crippen LogP) is 5.63. The molecule has 2 saturated carbocycles. The highest BCUT2D eigenvalue weighted by atomic mass is 35.5. The number of benzene rings is 2. The molecule has 5 atom stereocenters. The normalized spacial score (nSPS) is 25.6. The largest absolute Gasteiger partial charge is 0.394 e. The molecule has 1 aliphatic heterocycles. The van der Waals surface area contributed by atoms with E-state index in [1.165, 1.54) is 0 Å². The van der Waals surface area contributed by atoms with E-state index in [4.69, 9.17) is 23.2 Å². The van der Waals surface area contributed by atoms with Crippen molar-refractivity contribution in [3.05, 3.63) is 70.2 Å². The molecular formula is C30H40Cl2N2O4S. The van der Waals surface area contributed by atoms with Crippen LogP contribution in [0.3, 0.4) is 0 Å². The molecule has 9 heteroatoms. The SMILES string of the molecule is CN(CC(C1CC1)N1C(=O)[C@@](C)(CC(O)CO)CC[C@H]1c1ccc(Cl)cc1)S(=O)C1CC1.Clc1ccccc1. The van der Waals surface area contributed by atoms with Gasteiger partial charge in [-0.1, -0.05) is 60.5 Å². The molecule has 1 amide bonds. The molecule has 6 nitrogen and oxygen atoms in total. The number of likely N-dealkylation sites (N-methyl/N-ethyl adjacent to an activating group) is 1. The number of hydrogen-bond acceptors (Lipinski definition) is 4. The van der Waals surface area contributed by atoms with Crippen LogP contribution in [0.2, 0.25) is 10.0 Å². The van der Waals surface area contributed by atoms with Crippen LogP contribution in [0.25, 0.3) is 0 Å². The van der Waals surface area contributed by atoms with Gasteiger partial charge >= 0.3 is 0 Å². The lowest BCUT2D eigenvalue weighted by molar-refractivity contribution is -0.156. The Labute approximate surface area is 244 Å². The maximum absolute atomic E-state index is 14.0. The molecule has 0 radical (unpaired) electrons. The van der Waals surface area contributed by atoms with Gasteiger partial charge in [0.15, 0.2) is 0 Å². The van der Waals surface area contributed by atoms with Gasteiger partial charge in [-0.3, -0.25) is 4.79 Å². The summed E-state index contributed by atoms with van der Waals surface area (Å²) in [6, 6.07) is 17.1. The Morgan fingerprint density at radius 3 is 2.15 bits per heavy atom. The lowest BCUT2D eigenvalue weighted by atomic mass is 9.73. The Hall–Kier alpha value is -1.48. The molecule has 2 N–H and O–H groups in total. The first-order valence-electron chi connectivity index (χ1n) is 13.8. The van der Waals surface area contributed by atoms with Gasteiger partial charge in [0, 0.05) is 33.3 Å². The van der Waals surface area contributed by atoms with Crippen LogP contribution >= 0.6 is 23.2 Å². The number of aliphatic hydroxyl groups is 2. The number of nitrogens with zero attached hydrogens (tertiary/aromatic N) is 2. The first-order valence-corrected chi connectivity index (χ1v) is 15.7. The summed E-state index contributed by atoms with van der Waals surface area (Å²) in [5, 5.41) is 21.3. The third kappa shape index (κ3) is 8.05. The summed E-state index contributed by atoms with van der Waals surface area (Å²) in [6.07, 6.45) is 4.92. The maximum Gasteiger partial charge on any atom is 0.229 e. The molecule has 39 heavy (non-hydrogen) atoms. The Balaban J connectivity index is 0.000000438. The molecule has 2 aliphatic carbocycles. The zero-order valence-electron chi connectivity index (χ0n) is 22.7. The first kappa shape index (κ1) is 30.5. The van der Waals surface area contributed by atoms with E-state index in [1.807, 2.05) is 77.8 Å². The van der Waals surface area contributed by atoms with E-state index in [-0.39, 0.29) is 36.3 Å². The molecule has 3 fully saturated rings. The van der Waals surface area contributed by atoms with E-state index in [1.54, 1.807) is 0 Å². The van der Waals surface area contributed by atoms with Crippen LogP contribution in [-0.2, 0) is 15.8 Å². The lowest BCUT2D eigenvalue weighted by Crippen LogP contribution is -2.57. The number of carbonyl (C=O) groups is 1. The van der Waals surface area contributed by atoms with Gasteiger partial charge in [-0.2, -0.15) is 0 Å². The molecule has 5 rings (SSSR count). The summed E-state index contributed by atoms with van der Waals surface area (Å²) >= 11 is 11.7. The van der Waals surface area contributed by atoms with Crippen molar-refractivity contribution >= 4 is 40.1 Å². The van der Waals surface area contributed by atoms with Crippen LogP contribution in [0, 0.1) is 11.3 Å². The number of rotatable bonds is 10. The highest BCUT2D eigenvalue weighted by molar-refractivity contribution is 7.83. The Morgan fingerprint density at radius 1 is 1.03 bits per heavy atom. The Morgan fingerprint density at radius 2 is 1.64 bits per heavy atom. The van der Waals surface area contributed by atoms with Crippen LogP contribution in [0.4, 0.5) is 0 Å². The number of likely N-dealkylation sites (tertiary alicyclic amines) is 1. The molecular weight excluding hydrogens is 555 g/mol. The number of piperidine rings is 1. The van der Waals surface area contributed by atoms with E-state index >= 15 is 0 Å². The van der Waals surface area contributed by atoms with Crippen molar-refractivity contribution in [2.24, 2.45) is 11.3 Å². The van der Waals surface area contributed by atoms with Crippen LogP contribution < -0.4 is 0 Å². The van der Waals surface area contributed by atoms with Crippen LogP contribution in [0.1, 0.15) is 63.5 Å². The average molecular weight is 596 g/mol. The van der Waals surface area contributed by atoms with Gasteiger partial charge in [0.1, 0.15) is 0 Å². The van der Waals surface area contributed by atoms with E-state index < -0.39 is 22.5 Å². The number of amides is 1. The highest BCUT2D eigenvalue weighted by Gasteiger charge is 2.51. The zero-order valence-corrected chi connectivity index (χ0v) is 25.0. The standard InChI is InChI=1S/C24H35ClN2O4S.C6H5Cl/c1-24(13-19(29)15-28)12-11-21(16-5-7-18(25)8-6-16)27(23(24)30)22(17-3-4-17)14-26(2)32(31)20-9-10-20;7-6-4-2-1-3-5-6/h5-8,17,19-22,28-29H,3-4,9-15H2,1-2H3;1-5H/t19?,21-,22?,24+,32?;/m0./s1. The van der Waals surface area contributed by atoms with E-state index in [0.29, 0.717) is 23.9 Å². The maximum atomic E-state index is 14.0. The third-order valence-electron chi connectivity index (χ3n) is 8.03. The quantitative estimate of drug-likeness (QED) is 0.373. The number of carbonyl (C=O) groups excluding carboxylic acids is 1. The van der Waals surface area contributed by atoms with Gasteiger partial charge in [0.25, 0.3) is 0 Å². The van der Waals surface area contributed by atoms with Gasteiger partial charge in [-0.15, -0.1) is 0 Å². The first-order chi connectivity index (χ1) is 18.6. The second kappa shape index (κ2) is 13.5. The molecule has 3 unspecified atom stereocenters. The zero-order chi connectivity index (χ0) is 28.2. The molecule has 3 aliphatic rings. The predicted molar refractivity (Wildman–Crippen MR) is 158 cm³/mol. The van der Waals surface area contributed by atoms with Crippen molar-refractivity contribution in [3.8, 4) is 0 Å². The van der Waals surface area contributed by atoms with Crippen LogP contribution in [0.5, 0.6) is 0 Å². The molecule has 214 valence electrons. The summed E-state index contributed by atoms with van der Waals surface area (Å²) in [7, 11) is 0.893. The van der Waals surface area contributed by atoms with Crippen LogP contribution in [0.15, 0.2) is 54.6 Å². The van der Waals surface area contributed by atoms with Crippen molar-refractivity contribution in [3.63, 3.8) is 0 Å².